The van der Waals surface area contributed by atoms with E-state index in [2.05, 4.69) is 11.8 Å². The van der Waals surface area contributed by atoms with Gasteiger partial charge in [-0.05, 0) is 24.3 Å². The molecule has 0 spiro atoms. The van der Waals surface area contributed by atoms with Crippen molar-refractivity contribution < 1.29 is 14.6 Å². The summed E-state index contributed by atoms with van der Waals surface area (Å²) in [6.07, 6.45) is 1.39. The van der Waals surface area contributed by atoms with Crippen LogP contribution in [0.4, 0.5) is 0 Å². The molecule has 17 heavy (non-hydrogen) atoms. The summed E-state index contributed by atoms with van der Waals surface area (Å²) in [5.41, 5.74) is 0.933. The van der Waals surface area contributed by atoms with Crippen LogP contribution in [0.5, 0.6) is 5.75 Å². The third-order valence-corrected chi connectivity index (χ3v) is 2.09. The van der Waals surface area contributed by atoms with Crippen LogP contribution in [0, 0.1) is 11.8 Å². The average molecular weight is 234 g/mol. The summed E-state index contributed by atoms with van der Waals surface area (Å²) >= 11 is 0. The molecule has 3 heteroatoms. The van der Waals surface area contributed by atoms with Crippen molar-refractivity contribution in [3.05, 3.63) is 29.8 Å². The second kappa shape index (κ2) is 8.63. The van der Waals surface area contributed by atoms with Gasteiger partial charge < -0.3 is 14.6 Å². The zero-order valence-electron chi connectivity index (χ0n) is 10.1. The smallest absolute Gasteiger partial charge is 0.119 e. The van der Waals surface area contributed by atoms with E-state index in [4.69, 9.17) is 14.6 Å². The van der Waals surface area contributed by atoms with E-state index in [1.165, 1.54) is 0 Å². The molecule has 1 N–H and O–H groups in total. The van der Waals surface area contributed by atoms with Crippen LogP contribution in [-0.2, 0) is 4.74 Å². The Morgan fingerprint density at radius 2 is 1.94 bits per heavy atom. The molecule has 1 aromatic carbocycles. The predicted octanol–water partition coefficient (Wildman–Crippen LogP) is 1.84. The minimum absolute atomic E-state index is 0.105. The van der Waals surface area contributed by atoms with Crippen LogP contribution >= 0.6 is 0 Å². The van der Waals surface area contributed by atoms with Gasteiger partial charge in [0, 0.05) is 32.1 Å². The van der Waals surface area contributed by atoms with Crippen LogP contribution in [0.15, 0.2) is 24.3 Å². The number of aliphatic hydroxyl groups is 1. The number of benzene rings is 1. The van der Waals surface area contributed by atoms with Crippen LogP contribution < -0.4 is 4.74 Å². The molecule has 1 rings (SSSR count). The third-order valence-electron chi connectivity index (χ3n) is 2.09. The molecule has 0 saturated heterocycles. The summed E-state index contributed by atoms with van der Waals surface area (Å²) < 4.78 is 10.5. The van der Waals surface area contributed by atoms with Gasteiger partial charge in [0.25, 0.3) is 0 Å². The topological polar surface area (TPSA) is 38.7 Å². The van der Waals surface area contributed by atoms with E-state index in [9.17, 15) is 0 Å². The maximum absolute atomic E-state index is 8.60. The van der Waals surface area contributed by atoms with Gasteiger partial charge in [-0.2, -0.15) is 0 Å². The highest BCUT2D eigenvalue weighted by atomic mass is 16.5. The highest BCUT2D eigenvalue weighted by Crippen LogP contribution is 2.11. The van der Waals surface area contributed by atoms with Gasteiger partial charge in [0.1, 0.15) is 5.75 Å². The Hall–Kier alpha value is -1.50. The number of methoxy groups -OCH3 is 1. The zero-order valence-corrected chi connectivity index (χ0v) is 10.1. The maximum Gasteiger partial charge on any atom is 0.119 e. The number of ether oxygens (including phenoxy) is 2. The number of hydrogen-bond donors (Lipinski definition) is 1. The quantitative estimate of drug-likeness (QED) is 0.603. The molecule has 92 valence electrons. The minimum atomic E-state index is 0.105. The Morgan fingerprint density at radius 3 is 2.59 bits per heavy atom. The Kier molecular flexibility index (Phi) is 6.89. The van der Waals surface area contributed by atoms with Gasteiger partial charge in [0.05, 0.1) is 13.2 Å². The minimum Gasteiger partial charge on any atom is -0.494 e. The molecule has 0 heterocycles. The first-order chi connectivity index (χ1) is 8.36. The third kappa shape index (κ3) is 5.96. The largest absolute Gasteiger partial charge is 0.494 e. The first-order valence-electron chi connectivity index (χ1n) is 5.68. The number of hydrogen-bond acceptors (Lipinski definition) is 3. The molecular formula is C14H18O3. The van der Waals surface area contributed by atoms with Crippen molar-refractivity contribution in [2.75, 3.05) is 26.9 Å². The van der Waals surface area contributed by atoms with E-state index < -0.39 is 0 Å². The lowest BCUT2D eigenvalue weighted by molar-refractivity contribution is 0.172. The molecule has 0 amide bonds. The van der Waals surface area contributed by atoms with Crippen LogP contribution in [0.25, 0.3) is 0 Å². The standard InChI is InChI=1S/C14H18O3/c1-16-11-4-12-17-14-8-6-13(7-9-14)5-2-3-10-15/h6-9,15H,3-4,10-12H2,1H3. The predicted molar refractivity (Wildman–Crippen MR) is 67.0 cm³/mol. The highest BCUT2D eigenvalue weighted by molar-refractivity contribution is 5.38. The van der Waals surface area contributed by atoms with Crippen molar-refractivity contribution in [3.63, 3.8) is 0 Å². The summed E-state index contributed by atoms with van der Waals surface area (Å²) in [5, 5.41) is 8.60. The molecule has 0 bridgehead atoms. The molecule has 0 radical (unpaired) electrons. The molecule has 0 saturated carbocycles. The number of aliphatic hydroxyl groups excluding tert-OH is 1. The molecule has 3 nitrogen and oxygen atoms in total. The van der Waals surface area contributed by atoms with Gasteiger partial charge in [-0.15, -0.1) is 0 Å². The first kappa shape index (κ1) is 13.6. The first-order valence-corrected chi connectivity index (χ1v) is 5.68. The summed E-state index contributed by atoms with van der Waals surface area (Å²) in [5.74, 6) is 6.68. The van der Waals surface area contributed by atoms with Crippen molar-refractivity contribution in [2.45, 2.75) is 12.8 Å². The van der Waals surface area contributed by atoms with Gasteiger partial charge >= 0.3 is 0 Å². The van der Waals surface area contributed by atoms with Crippen molar-refractivity contribution in [3.8, 4) is 17.6 Å². The number of rotatable bonds is 6. The summed E-state index contributed by atoms with van der Waals surface area (Å²) in [6, 6.07) is 7.62. The highest BCUT2D eigenvalue weighted by Gasteiger charge is 1.93. The van der Waals surface area contributed by atoms with E-state index >= 15 is 0 Å². The lowest BCUT2D eigenvalue weighted by Crippen LogP contribution is -2.01. The fourth-order valence-corrected chi connectivity index (χ4v) is 1.25. The fraction of sp³-hybridized carbons (Fsp3) is 0.429. The van der Waals surface area contributed by atoms with Crippen LogP contribution in [0.3, 0.4) is 0 Å². The van der Waals surface area contributed by atoms with Gasteiger partial charge in [0.15, 0.2) is 0 Å². The van der Waals surface area contributed by atoms with Crippen molar-refractivity contribution in [1.29, 1.82) is 0 Å². The van der Waals surface area contributed by atoms with Gasteiger partial charge in [0.2, 0.25) is 0 Å². The van der Waals surface area contributed by atoms with E-state index in [1.807, 2.05) is 24.3 Å². The van der Waals surface area contributed by atoms with Gasteiger partial charge in [-0.1, -0.05) is 11.8 Å². The summed E-state index contributed by atoms with van der Waals surface area (Å²) in [4.78, 5) is 0. The van der Waals surface area contributed by atoms with Crippen LogP contribution in [-0.4, -0.2) is 32.0 Å². The van der Waals surface area contributed by atoms with Gasteiger partial charge in [-0.25, -0.2) is 0 Å². The molecule has 0 fully saturated rings. The Balaban J connectivity index is 2.37. The second-order valence-electron chi connectivity index (χ2n) is 3.49. The average Bonchev–Trinajstić information content (AvgIpc) is 2.37. The normalized spacial score (nSPS) is 9.53. The molecule has 0 atom stereocenters. The summed E-state index contributed by atoms with van der Waals surface area (Å²) in [7, 11) is 1.68. The second-order valence-corrected chi connectivity index (χ2v) is 3.49. The van der Waals surface area contributed by atoms with E-state index in [1.54, 1.807) is 7.11 Å². The Labute approximate surface area is 102 Å². The van der Waals surface area contributed by atoms with Crippen LogP contribution in [0.1, 0.15) is 18.4 Å². The lowest BCUT2D eigenvalue weighted by atomic mass is 10.2. The van der Waals surface area contributed by atoms with Crippen molar-refractivity contribution in [2.24, 2.45) is 0 Å². The Bertz CT molecular complexity index is 359. The molecule has 1 aromatic rings. The molecule has 0 aliphatic heterocycles. The van der Waals surface area contributed by atoms with Gasteiger partial charge in [-0.3, -0.25) is 0 Å². The Morgan fingerprint density at radius 1 is 1.18 bits per heavy atom. The molecule has 0 aromatic heterocycles. The van der Waals surface area contributed by atoms with Crippen molar-refractivity contribution in [1.82, 2.24) is 0 Å². The van der Waals surface area contributed by atoms with Crippen molar-refractivity contribution >= 4 is 0 Å². The fourth-order valence-electron chi connectivity index (χ4n) is 1.25. The van der Waals surface area contributed by atoms with Crippen LogP contribution in [0.2, 0.25) is 0 Å². The van der Waals surface area contributed by atoms with E-state index in [0.29, 0.717) is 19.6 Å². The SMILES string of the molecule is COCCCOc1ccc(C#CCCO)cc1. The zero-order chi connectivity index (χ0) is 12.3. The molecule has 0 aliphatic carbocycles. The monoisotopic (exact) mass is 234 g/mol. The maximum atomic E-state index is 8.60. The van der Waals surface area contributed by atoms with E-state index in [0.717, 1.165) is 17.7 Å². The molecular weight excluding hydrogens is 216 g/mol. The van der Waals surface area contributed by atoms with E-state index in [-0.39, 0.29) is 6.61 Å². The molecule has 0 aliphatic rings. The lowest BCUT2D eigenvalue weighted by Gasteiger charge is -2.05. The summed E-state index contributed by atoms with van der Waals surface area (Å²) in [6.45, 7) is 1.47. The molecule has 0 unspecified atom stereocenters.